The van der Waals surface area contributed by atoms with Crippen molar-refractivity contribution in [3.63, 3.8) is 0 Å². The first kappa shape index (κ1) is 6.40. The second-order valence-electron chi connectivity index (χ2n) is 1.08. The van der Waals surface area contributed by atoms with E-state index < -0.39 is 9.84 Å². The van der Waals surface area contributed by atoms with E-state index in [2.05, 4.69) is 0 Å². The van der Waals surface area contributed by atoms with Crippen molar-refractivity contribution in [2.45, 2.75) is 0 Å². The van der Waals surface area contributed by atoms with Crippen LogP contribution in [0.4, 0.5) is 0 Å². The van der Waals surface area contributed by atoms with Crippen LogP contribution in [0.1, 0.15) is 0 Å². The summed E-state index contributed by atoms with van der Waals surface area (Å²) in [6.07, 6.45) is 0.968. The van der Waals surface area contributed by atoms with Gasteiger partial charge in [0.2, 0.25) is 0 Å². The molecule has 0 aromatic heterocycles. The number of nitrogens with zero attached hydrogens (tertiary/aromatic N) is 1. The van der Waals surface area contributed by atoms with Crippen molar-refractivity contribution in [1.82, 2.24) is 0 Å². The predicted molar refractivity (Wildman–Crippen MR) is 27.8 cm³/mol. The van der Waals surface area contributed by atoms with Crippen LogP contribution in [0.2, 0.25) is 0 Å². The monoisotopic (exact) mass is 118 g/mol. The molecule has 0 aliphatic heterocycles. The Morgan fingerprint density at radius 2 is 2.14 bits per heavy atom. The summed E-state index contributed by atoms with van der Waals surface area (Å²) in [7, 11) is -3.16. The van der Waals surface area contributed by atoms with Crippen LogP contribution in [0.25, 0.3) is 5.41 Å². The molecule has 40 valence electrons. The van der Waals surface area contributed by atoms with E-state index in [1.807, 2.05) is 0 Å². The van der Waals surface area contributed by atoms with E-state index in [0.717, 1.165) is 6.26 Å². The van der Waals surface area contributed by atoms with Gasteiger partial charge in [-0.15, -0.1) is 0 Å². The van der Waals surface area contributed by atoms with Crippen molar-refractivity contribution >= 4 is 15.7 Å². The fourth-order valence-corrected chi connectivity index (χ4v) is 0.287. The summed E-state index contributed by atoms with van der Waals surface area (Å²) in [6, 6.07) is 0. The number of hydrogen-bond acceptors (Lipinski definition) is 2. The first-order valence-corrected chi connectivity index (χ1v) is 3.44. The molecule has 0 aliphatic carbocycles. The van der Waals surface area contributed by atoms with Crippen LogP contribution in [0.5, 0.6) is 0 Å². The molecule has 0 atom stereocenters. The number of rotatable bonds is 1. The van der Waals surface area contributed by atoms with Gasteiger partial charge < -0.3 is 5.41 Å². The minimum atomic E-state index is -3.16. The molecule has 0 fully saturated rings. The molecule has 0 aromatic carbocycles. The zero-order valence-corrected chi connectivity index (χ0v) is 4.57. The average molecular weight is 118 g/mol. The lowest BCUT2D eigenvalue weighted by Crippen LogP contribution is -1.86. The SMILES string of the molecule is CS(=O)(=O)C=C=[N-]. The summed E-state index contributed by atoms with van der Waals surface area (Å²) in [5.74, 6) is 1.39. The van der Waals surface area contributed by atoms with Gasteiger partial charge >= 0.3 is 0 Å². The van der Waals surface area contributed by atoms with E-state index in [-0.39, 0.29) is 0 Å². The Bertz CT molecular complexity index is 185. The smallest absolute Gasteiger partial charge is 0.174 e. The molecule has 0 saturated carbocycles. The van der Waals surface area contributed by atoms with E-state index in [1.54, 1.807) is 0 Å². The molecule has 0 heterocycles. The van der Waals surface area contributed by atoms with E-state index in [1.165, 1.54) is 5.87 Å². The van der Waals surface area contributed by atoms with Crippen LogP contribution in [0.15, 0.2) is 5.41 Å². The summed E-state index contributed by atoms with van der Waals surface area (Å²) in [6.45, 7) is 0. The second kappa shape index (κ2) is 1.91. The van der Waals surface area contributed by atoms with Gasteiger partial charge in [-0.3, -0.25) is 5.87 Å². The Hall–Kier alpha value is -0.600. The molecule has 0 unspecified atom stereocenters. The van der Waals surface area contributed by atoms with Gasteiger partial charge in [0.05, 0.1) is 0 Å². The minimum Gasteiger partial charge on any atom is -0.763 e. The van der Waals surface area contributed by atoms with Gasteiger partial charge in [-0.05, 0) is 0 Å². The van der Waals surface area contributed by atoms with Crippen LogP contribution in [-0.2, 0) is 9.84 Å². The van der Waals surface area contributed by atoms with Crippen molar-refractivity contribution in [1.29, 1.82) is 0 Å². The van der Waals surface area contributed by atoms with Crippen LogP contribution >= 0.6 is 0 Å². The Balaban J connectivity index is 4.44. The van der Waals surface area contributed by atoms with Gasteiger partial charge in [-0.1, -0.05) is 0 Å². The third kappa shape index (κ3) is 5.40. The predicted octanol–water partition coefficient (Wildman–Crippen LogP) is -0.216. The molecular weight excluding hydrogens is 114 g/mol. The normalized spacial score (nSPS) is 9.86. The Labute approximate surface area is 42.1 Å². The van der Waals surface area contributed by atoms with Crippen molar-refractivity contribution in [3.8, 4) is 0 Å². The van der Waals surface area contributed by atoms with Gasteiger partial charge in [0.25, 0.3) is 0 Å². The lowest BCUT2D eigenvalue weighted by molar-refractivity contribution is 0.610. The van der Waals surface area contributed by atoms with Crippen LogP contribution in [0.3, 0.4) is 0 Å². The first-order chi connectivity index (χ1) is 3.06. The maximum absolute atomic E-state index is 9.95. The largest absolute Gasteiger partial charge is 0.763 e. The van der Waals surface area contributed by atoms with E-state index >= 15 is 0 Å². The second-order valence-corrected chi connectivity index (χ2v) is 2.97. The third-order valence-corrected chi connectivity index (χ3v) is 0.800. The molecule has 0 radical (unpaired) electrons. The third-order valence-electron chi connectivity index (χ3n) is 0.267. The van der Waals surface area contributed by atoms with E-state index in [4.69, 9.17) is 5.41 Å². The quantitative estimate of drug-likeness (QED) is 0.447. The summed E-state index contributed by atoms with van der Waals surface area (Å²) >= 11 is 0. The number of sulfone groups is 1. The van der Waals surface area contributed by atoms with Crippen LogP contribution in [0, 0.1) is 0 Å². The number of hydrogen-bond donors (Lipinski definition) is 0. The maximum atomic E-state index is 9.95. The first-order valence-electron chi connectivity index (χ1n) is 1.49. The lowest BCUT2D eigenvalue weighted by Gasteiger charge is -1.77. The van der Waals surface area contributed by atoms with Gasteiger partial charge in [-0.25, -0.2) is 8.42 Å². The highest BCUT2D eigenvalue weighted by Crippen LogP contribution is 1.76. The molecular formula is C3H4NO2S-. The topological polar surface area (TPSA) is 56.4 Å². The molecule has 0 aliphatic rings. The summed E-state index contributed by atoms with van der Waals surface area (Å²) in [5.41, 5.74) is 0. The molecule has 0 N–H and O–H groups in total. The highest BCUT2D eigenvalue weighted by molar-refractivity contribution is 7.93. The standard InChI is InChI=1S/C3H4NO2S/c1-7(5,6)3-2-4/h3H,1H3/q-1. The van der Waals surface area contributed by atoms with Crippen LogP contribution < -0.4 is 0 Å². The summed E-state index contributed by atoms with van der Waals surface area (Å²) in [5, 5.41) is 8.31. The minimum absolute atomic E-state index is 0.590. The molecule has 7 heavy (non-hydrogen) atoms. The Morgan fingerprint density at radius 1 is 1.71 bits per heavy atom. The zero-order chi connectivity index (χ0) is 5.91. The van der Waals surface area contributed by atoms with E-state index in [9.17, 15) is 8.42 Å². The molecule has 0 spiro atoms. The van der Waals surface area contributed by atoms with E-state index in [0.29, 0.717) is 5.41 Å². The summed E-state index contributed by atoms with van der Waals surface area (Å²) in [4.78, 5) is 0. The Kier molecular flexibility index (Phi) is 1.75. The molecule has 0 amide bonds. The van der Waals surface area contributed by atoms with Crippen molar-refractivity contribution in [2.75, 3.05) is 6.26 Å². The fraction of sp³-hybridized carbons (Fsp3) is 0.333. The van der Waals surface area contributed by atoms with Gasteiger partial charge in [-0.2, -0.15) is 0 Å². The average Bonchev–Trinajstić information content (AvgIpc) is 1.30. The molecule has 0 rings (SSSR count). The lowest BCUT2D eigenvalue weighted by atomic mass is 11.2. The van der Waals surface area contributed by atoms with Gasteiger partial charge in [0.15, 0.2) is 9.84 Å². The maximum Gasteiger partial charge on any atom is 0.174 e. The molecule has 3 nitrogen and oxygen atoms in total. The highest BCUT2D eigenvalue weighted by Gasteiger charge is 1.86. The Morgan fingerprint density at radius 3 is 2.14 bits per heavy atom. The van der Waals surface area contributed by atoms with Crippen molar-refractivity contribution in [3.05, 3.63) is 10.8 Å². The van der Waals surface area contributed by atoms with Gasteiger partial charge in [0, 0.05) is 11.7 Å². The molecule has 0 saturated heterocycles. The molecule has 0 bridgehead atoms. The van der Waals surface area contributed by atoms with Crippen LogP contribution in [-0.4, -0.2) is 20.5 Å². The van der Waals surface area contributed by atoms with Gasteiger partial charge in [0.1, 0.15) is 0 Å². The highest BCUT2D eigenvalue weighted by atomic mass is 32.2. The fourth-order valence-electron chi connectivity index (χ4n) is 0.0957. The molecule has 0 aromatic rings. The van der Waals surface area contributed by atoms with Crippen molar-refractivity contribution in [2.24, 2.45) is 0 Å². The summed E-state index contributed by atoms with van der Waals surface area (Å²) < 4.78 is 19.9. The van der Waals surface area contributed by atoms with Crippen molar-refractivity contribution < 1.29 is 8.42 Å². The molecule has 4 heteroatoms. The zero-order valence-electron chi connectivity index (χ0n) is 3.75.